The summed E-state index contributed by atoms with van der Waals surface area (Å²) in [5, 5.41) is 0.809. The van der Waals surface area contributed by atoms with Gasteiger partial charge in [-0.15, -0.1) is 12.4 Å². The van der Waals surface area contributed by atoms with E-state index < -0.39 is 6.16 Å². The van der Waals surface area contributed by atoms with Gasteiger partial charge in [0.2, 0.25) is 5.71 Å². The predicted octanol–water partition coefficient (Wildman–Crippen LogP) is 3.95. The maximum Gasteiger partial charge on any atom is 0.513 e. The summed E-state index contributed by atoms with van der Waals surface area (Å²) in [6.07, 6.45) is 2.40. The Morgan fingerprint density at radius 3 is 2.80 bits per heavy atom. The number of aromatic nitrogens is 3. The minimum absolute atomic E-state index is 0. The van der Waals surface area contributed by atoms with E-state index in [1.807, 2.05) is 18.2 Å². The molecular weight excluding hydrogens is 474 g/mol. The predicted molar refractivity (Wildman–Crippen MR) is 133 cm³/mol. The highest BCUT2D eigenvalue weighted by molar-refractivity contribution is 6.05. The van der Waals surface area contributed by atoms with E-state index in [0.29, 0.717) is 79.0 Å². The highest BCUT2D eigenvalue weighted by Crippen LogP contribution is 2.34. The van der Waals surface area contributed by atoms with Crippen LogP contribution in [0.3, 0.4) is 0 Å². The summed E-state index contributed by atoms with van der Waals surface area (Å²) in [6, 6.07) is 10.8. The molecule has 11 heteroatoms. The van der Waals surface area contributed by atoms with Crippen LogP contribution < -0.4 is 15.4 Å². The molecule has 0 aliphatic carbocycles. The van der Waals surface area contributed by atoms with Crippen molar-refractivity contribution in [3.8, 4) is 17.1 Å². The summed E-state index contributed by atoms with van der Waals surface area (Å²) >= 11 is 0. The van der Waals surface area contributed by atoms with Crippen molar-refractivity contribution in [2.75, 3.05) is 44.4 Å². The third-order valence-corrected chi connectivity index (χ3v) is 5.50. The molecule has 4 heterocycles. The number of hydrogen-bond donors (Lipinski definition) is 1. The maximum atomic E-state index is 12.0. The summed E-state index contributed by atoms with van der Waals surface area (Å²) in [7, 11) is 0. The molecule has 1 fully saturated rings. The molecule has 0 amide bonds. The van der Waals surface area contributed by atoms with Crippen LogP contribution in [-0.4, -0.2) is 60.6 Å². The van der Waals surface area contributed by atoms with Crippen LogP contribution in [0.5, 0.6) is 5.75 Å². The minimum atomic E-state index is -0.758. The molecule has 0 bridgehead atoms. The Morgan fingerprint density at radius 1 is 1.11 bits per heavy atom. The number of carbonyl (C=O) groups excluding carboxylic acids is 1. The summed E-state index contributed by atoms with van der Waals surface area (Å²) < 4.78 is 22.0. The fourth-order valence-electron chi connectivity index (χ4n) is 3.81. The topological polar surface area (TPSA) is 126 Å². The quantitative estimate of drug-likeness (QED) is 0.227. The van der Waals surface area contributed by atoms with Gasteiger partial charge < -0.3 is 29.3 Å². The van der Waals surface area contributed by atoms with Crippen molar-refractivity contribution < 1.29 is 23.4 Å². The number of hydrogen-bond acceptors (Lipinski definition) is 10. The van der Waals surface area contributed by atoms with E-state index in [9.17, 15) is 4.79 Å². The van der Waals surface area contributed by atoms with Crippen molar-refractivity contribution in [1.29, 1.82) is 0 Å². The van der Waals surface area contributed by atoms with Gasteiger partial charge in [-0.3, -0.25) is 0 Å². The second kappa shape index (κ2) is 11.3. The molecule has 2 N–H and O–H groups in total. The highest BCUT2D eigenvalue weighted by Gasteiger charge is 2.23. The van der Waals surface area contributed by atoms with E-state index in [1.54, 1.807) is 24.4 Å². The first-order chi connectivity index (χ1) is 16.7. The van der Waals surface area contributed by atoms with Gasteiger partial charge in [-0.2, -0.15) is 0 Å². The van der Waals surface area contributed by atoms with Gasteiger partial charge in [0.25, 0.3) is 0 Å². The number of morpholine rings is 1. The van der Waals surface area contributed by atoms with Gasteiger partial charge in [0.05, 0.1) is 25.2 Å². The van der Waals surface area contributed by atoms with Crippen molar-refractivity contribution in [2.45, 2.75) is 12.8 Å². The molecule has 184 valence electrons. The van der Waals surface area contributed by atoms with Crippen LogP contribution in [-0.2, 0) is 9.47 Å². The molecule has 0 saturated carbocycles. The molecule has 1 saturated heterocycles. The van der Waals surface area contributed by atoms with E-state index >= 15 is 0 Å². The van der Waals surface area contributed by atoms with Crippen molar-refractivity contribution in [2.24, 2.45) is 5.73 Å². The van der Waals surface area contributed by atoms with Gasteiger partial charge in [0.15, 0.2) is 17.2 Å². The van der Waals surface area contributed by atoms with Gasteiger partial charge in [0, 0.05) is 24.8 Å². The van der Waals surface area contributed by atoms with Gasteiger partial charge in [0.1, 0.15) is 11.3 Å². The molecule has 0 radical (unpaired) electrons. The molecule has 1 aromatic carbocycles. The first-order valence-corrected chi connectivity index (χ1v) is 11.3. The Morgan fingerprint density at radius 2 is 1.97 bits per heavy atom. The average molecular weight is 500 g/mol. The molecule has 0 unspecified atom stereocenters. The van der Waals surface area contributed by atoms with E-state index in [4.69, 9.17) is 34.3 Å². The third kappa shape index (κ3) is 5.45. The molecule has 0 spiro atoms. The van der Waals surface area contributed by atoms with Crippen LogP contribution in [0.4, 0.5) is 10.6 Å². The van der Waals surface area contributed by atoms with Crippen LogP contribution >= 0.6 is 12.4 Å². The zero-order valence-corrected chi connectivity index (χ0v) is 19.8. The number of carbonyl (C=O) groups is 1. The van der Waals surface area contributed by atoms with Crippen molar-refractivity contribution in [3.05, 3.63) is 42.6 Å². The molecule has 3 aromatic heterocycles. The average Bonchev–Trinajstić information content (AvgIpc) is 3.25. The lowest BCUT2D eigenvalue weighted by Crippen LogP contribution is -2.37. The third-order valence-electron chi connectivity index (χ3n) is 5.50. The second-order valence-corrected chi connectivity index (χ2v) is 7.83. The minimum Gasteiger partial charge on any atom is -0.434 e. The largest absolute Gasteiger partial charge is 0.513 e. The smallest absolute Gasteiger partial charge is 0.434 e. The van der Waals surface area contributed by atoms with Gasteiger partial charge in [-0.1, -0.05) is 12.1 Å². The van der Waals surface area contributed by atoms with Crippen molar-refractivity contribution >= 4 is 46.6 Å². The molecule has 0 atom stereocenters. The standard InChI is InChI=1S/C24H25N5O5.ClH/c25-8-1-2-12-32-24(30)33-17-6-3-5-16(15-17)21-27-19-18-7-4-9-26-23(18)34-20(19)22(28-21)29-10-13-31-14-11-29;/h3-7,9,15H,1-2,8,10-14,25H2;1H. The van der Waals surface area contributed by atoms with E-state index in [1.165, 1.54) is 0 Å². The lowest BCUT2D eigenvalue weighted by Gasteiger charge is -2.27. The molecule has 4 aromatic rings. The molecular formula is C24H26ClN5O5. The number of unbranched alkanes of at least 4 members (excludes halogenated alkanes) is 1. The number of nitrogens with two attached hydrogens (primary N) is 1. The SMILES string of the molecule is Cl.NCCCCOC(=O)Oc1cccc(-c2nc(N3CCOCC3)c3oc4ncccc4c3n2)c1. The van der Waals surface area contributed by atoms with Crippen LogP contribution in [0.1, 0.15) is 12.8 Å². The van der Waals surface area contributed by atoms with Crippen molar-refractivity contribution in [3.63, 3.8) is 0 Å². The molecule has 1 aliphatic rings. The normalized spacial score (nSPS) is 13.6. The van der Waals surface area contributed by atoms with Gasteiger partial charge in [-0.25, -0.2) is 19.7 Å². The van der Waals surface area contributed by atoms with Crippen LogP contribution in [0.25, 0.3) is 33.6 Å². The number of ether oxygens (including phenoxy) is 3. The Kier molecular flexibility index (Phi) is 7.96. The highest BCUT2D eigenvalue weighted by atomic mass is 35.5. The van der Waals surface area contributed by atoms with E-state index in [-0.39, 0.29) is 19.0 Å². The fraction of sp³-hybridized carbons (Fsp3) is 0.333. The number of pyridine rings is 1. The molecule has 10 nitrogen and oxygen atoms in total. The fourth-order valence-corrected chi connectivity index (χ4v) is 3.81. The summed E-state index contributed by atoms with van der Waals surface area (Å²) in [6.45, 7) is 3.41. The van der Waals surface area contributed by atoms with Gasteiger partial charge >= 0.3 is 6.16 Å². The van der Waals surface area contributed by atoms with Crippen molar-refractivity contribution in [1.82, 2.24) is 15.0 Å². The molecule has 5 rings (SSSR count). The summed E-state index contributed by atoms with van der Waals surface area (Å²) in [5.74, 6) is 1.52. The van der Waals surface area contributed by atoms with Crippen LogP contribution in [0.15, 0.2) is 47.0 Å². The lowest BCUT2D eigenvalue weighted by atomic mass is 10.2. The lowest BCUT2D eigenvalue weighted by molar-refractivity contribution is 0.0976. The maximum absolute atomic E-state index is 12.0. The first-order valence-electron chi connectivity index (χ1n) is 11.3. The van der Waals surface area contributed by atoms with E-state index in [2.05, 4.69) is 9.88 Å². The van der Waals surface area contributed by atoms with Gasteiger partial charge in [-0.05, 0) is 43.7 Å². The Labute approximate surface area is 207 Å². The number of anilines is 1. The first kappa shape index (κ1) is 24.6. The molecule has 35 heavy (non-hydrogen) atoms. The second-order valence-electron chi connectivity index (χ2n) is 7.83. The number of furan rings is 1. The zero-order valence-electron chi connectivity index (χ0n) is 19.0. The Bertz CT molecular complexity index is 1310. The summed E-state index contributed by atoms with van der Waals surface area (Å²) in [5.41, 5.74) is 7.93. The Hall–Kier alpha value is -3.47. The number of benzene rings is 1. The van der Waals surface area contributed by atoms with Crippen LogP contribution in [0, 0.1) is 0 Å². The number of fused-ring (bicyclic) bond motifs is 3. The van der Waals surface area contributed by atoms with Crippen LogP contribution in [0.2, 0.25) is 0 Å². The number of rotatable bonds is 7. The number of nitrogens with zero attached hydrogens (tertiary/aromatic N) is 4. The van der Waals surface area contributed by atoms with E-state index in [0.717, 1.165) is 11.8 Å². The number of halogens is 1. The molecule has 1 aliphatic heterocycles. The summed E-state index contributed by atoms with van der Waals surface area (Å²) in [4.78, 5) is 28.1. The monoisotopic (exact) mass is 499 g/mol. The zero-order chi connectivity index (χ0) is 23.3. The Balaban J connectivity index is 0.00000289.